The first kappa shape index (κ1) is 20.0. The third-order valence-electron chi connectivity index (χ3n) is 5.80. The number of nitrogens with zero attached hydrogens (tertiary/aromatic N) is 1. The predicted molar refractivity (Wildman–Crippen MR) is 115 cm³/mol. The Morgan fingerprint density at radius 2 is 1.83 bits per heavy atom. The highest BCUT2D eigenvalue weighted by molar-refractivity contribution is 5.88. The molecule has 1 unspecified atom stereocenters. The molecule has 156 valence electrons. The first-order valence-electron chi connectivity index (χ1n) is 9.95. The van der Waals surface area contributed by atoms with E-state index in [-0.39, 0.29) is 11.4 Å². The van der Waals surface area contributed by atoms with Crippen molar-refractivity contribution in [1.82, 2.24) is 4.57 Å². The van der Waals surface area contributed by atoms with E-state index in [4.69, 9.17) is 14.2 Å². The molecule has 1 aromatic heterocycles. The summed E-state index contributed by atoms with van der Waals surface area (Å²) in [6, 6.07) is 9.53. The van der Waals surface area contributed by atoms with Gasteiger partial charge < -0.3 is 18.8 Å². The van der Waals surface area contributed by atoms with Crippen LogP contribution in [0.3, 0.4) is 0 Å². The molecule has 0 saturated heterocycles. The van der Waals surface area contributed by atoms with Gasteiger partial charge in [-0.25, -0.2) is 0 Å². The highest BCUT2D eigenvalue weighted by atomic mass is 16.5. The van der Waals surface area contributed by atoms with E-state index in [1.807, 2.05) is 44.2 Å². The highest BCUT2D eigenvalue weighted by Crippen LogP contribution is 2.41. The lowest BCUT2D eigenvalue weighted by Crippen LogP contribution is -2.22. The Bertz CT molecular complexity index is 1220. The normalized spacial score (nSPS) is 13.4. The van der Waals surface area contributed by atoms with E-state index in [9.17, 15) is 9.59 Å². The lowest BCUT2D eigenvalue weighted by molar-refractivity contribution is -0.145. The third-order valence-corrected chi connectivity index (χ3v) is 5.80. The molecule has 1 aliphatic rings. The largest absolute Gasteiger partial charge is 0.493 e. The number of pyridine rings is 1. The van der Waals surface area contributed by atoms with E-state index >= 15 is 0 Å². The molecule has 6 nitrogen and oxygen atoms in total. The maximum Gasteiger partial charge on any atom is 0.303 e. The van der Waals surface area contributed by atoms with E-state index in [2.05, 4.69) is 4.57 Å². The molecule has 0 radical (unpaired) electrons. The number of carbonyl (C=O) groups excluding carboxylic acids is 1. The van der Waals surface area contributed by atoms with Gasteiger partial charge in [0.05, 0.1) is 25.4 Å². The first-order chi connectivity index (χ1) is 14.4. The van der Waals surface area contributed by atoms with Gasteiger partial charge in [0.2, 0.25) is 0 Å². The second kappa shape index (κ2) is 7.52. The summed E-state index contributed by atoms with van der Waals surface area (Å²) in [5.74, 6) is 0.947. The molecule has 0 spiro atoms. The van der Waals surface area contributed by atoms with Gasteiger partial charge in [0.25, 0.3) is 0 Å². The standard InChI is InChI=1S/C24H25NO5/c1-13-22-19-12-21(29-5)20(28-4)11-16(19)9-10-25(22)23-17(14(2)30-15(3)26)7-6-8-18(23)24(13)27/h6-8,11-12,14H,9-10H2,1-5H3. The predicted octanol–water partition coefficient (Wildman–Crippen LogP) is 4.17. The average molecular weight is 407 g/mol. The van der Waals surface area contributed by atoms with Crippen LogP contribution in [0.25, 0.3) is 22.2 Å². The minimum Gasteiger partial charge on any atom is -0.493 e. The van der Waals surface area contributed by atoms with Crippen molar-refractivity contribution in [2.24, 2.45) is 0 Å². The van der Waals surface area contributed by atoms with Crippen molar-refractivity contribution in [2.45, 2.75) is 39.8 Å². The first-order valence-corrected chi connectivity index (χ1v) is 9.95. The number of methoxy groups -OCH3 is 2. The lowest BCUT2D eigenvalue weighted by atomic mass is 9.91. The molecule has 2 aromatic carbocycles. The number of ether oxygens (including phenoxy) is 3. The van der Waals surface area contributed by atoms with E-state index < -0.39 is 6.10 Å². The second-order valence-electron chi connectivity index (χ2n) is 7.56. The van der Waals surface area contributed by atoms with Crippen LogP contribution in [0.2, 0.25) is 0 Å². The number of benzene rings is 2. The fraction of sp³-hybridized carbons (Fsp3) is 0.333. The van der Waals surface area contributed by atoms with Crippen molar-refractivity contribution < 1.29 is 19.0 Å². The summed E-state index contributed by atoms with van der Waals surface area (Å²) in [5.41, 5.74) is 5.26. The molecule has 0 bridgehead atoms. The summed E-state index contributed by atoms with van der Waals surface area (Å²) in [5, 5.41) is 0.636. The van der Waals surface area contributed by atoms with Gasteiger partial charge in [0, 0.05) is 35.5 Å². The van der Waals surface area contributed by atoms with Crippen LogP contribution in [0.4, 0.5) is 0 Å². The number of fused-ring (bicyclic) bond motifs is 5. The van der Waals surface area contributed by atoms with E-state index in [1.54, 1.807) is 14.2 Å². The van der Waals surface area contributed by atoms with Crippen LogP contribution in [-0.4, -0.2) is 24.8 Å². The molecule has 0 aliphatic carbocycles. The highest BCUT2D eigenvalue weighted by Gasteiger charge is 2.26. The van der Waals surface area contributed by atoms with Gasteiger partial charge in [-0.15, -0.1) is 0 Å². The van der Waals surface area contributed by atoms with Crippen LogP contribution in [0.5, 0.6) is 11.5 Å². The molecule has 2 heterocycles. The number of esters is 1. The van der Waals surface area contributed by atoms with Crippen molar-refractivity contribution in [3.63, 3.8) is 0 Å². The number of aromatic nitrogens is 1. The maximum atomic E-state index is 13.3. The summed E-state index contributed by atoms with van der Waals surface area (Å²) in [4.78, 5) is 24.9. The number of hydrogen-bond acceptors (Lipinski definition) is 5. The summed E-state index contributed by atoms with van der Waals surface area (Å²) in [6.45, 7) is 5.79. The third kappa shape index (κ3) is 3.03. The number of aryl methyl sites for hydroxylation is 2. The van der Waals surface area contributed by atoms with E-state index in [0.29, 0.717) is 29.0 Å². The van der Waals surface area contributed by atoms with Crippen molar-refractivity contribution in [2.75, 3.05) is 14.2 Å². The van der Waals surface area contributed by atoms with Crippen LogP contribution >= 0.6 is 0 Å². The Hall–Kier alpha value is -3.28. The van der Waals surface area contributed by atoms with Gasteiger partial charge in [0.1, 0.15) is 6.10 Å². The van der Waals surface area contributed by atoms with E-state index in [0.717, 1.165) is 34.3 Å². The SMILES string of the molecule is COc1cc2c(cc1OC)-c1c(C)c(=O)c3cccc(C(C)OC(C)=O)c3n1CC2. The van der Waals surface area contributed by atoms with Crippen LogP contribution in [0.1, 0.15) is 36.6 Å². The lowest BCUT2D eigenvalue weighted by Gasteiger charge is -2.28. The molecule has 0 saturated carbocycles. The Kier molecular flexibility index (Phi) is 5.02. The quantitative estimate of drug-likeness (QED) is 0.607. The van der Waals surface area contributed by atoms with Crippen molar-refractivity contribution in [1.29, 1.82) is 0 Å². The summed E-state index contributed by atoms with van der Waals surface area (Å²) < 4.78 is 18.6. The number of rotatable bonds is 4. The minimum absolute atomic E-state index is 0.0178. The molecule has 3 aromatic rings. The van der Waals surface area contributed by atoms with Crippen molar-refractivity contribution in [3.8, 4) is 22.8 Å². The molecule has 6 heteroatoms. The second-order valence-corrected chi connectivity index (χ2v) is 7.56. The Morgan fingerprint density at radius 1 is 1.13 bits per heavy atom. The van der Waals surface area contributed by atoms with Gasteiger partial charge in [-0.1, -0.05) is 12.1 Å². The summed E-state index contributed by atoms with van der Waals surface area (Å²) >= 11 is 0. The minimum atomic E-state index is -0.461. The van der Waals surface area contributed by atoms with Gasteiger partial charge >= 0.3 is 5.97 Å². The fourth-order valence-corrected chi connectivity index (χ4v) is 4.46. The average Bonchev–Trinajstić information content (AvgIpc) is 2.74. The van der Waals surface area contributed by atoms with Gasteiger partial charge in [-0.2, -0.15) is 0 Å². The zero-order valence-corrected chi connectivity index (χ0v) is 17.9. The molecule has 1 atom stereocenters. The van der Waals surface area contributed by atoms with Crippen molar-refractivity contribution in [3.05, 3.63) is 57.2 Å². The number of carbonyl (C=O) groups is 1. The van der Waals surface area contributed by atoms with Crippen LogP contribution in [-0.2, 0) is 22.5 Å². The molecule has 1 aliphatic heterocycles. The van der Waals surface area contributed by atoms with Gasteiger partial charge in [-0.3, -0.25) is 9.59 Å². The zero-order chi connectivity index (χ0) is 21.6. The smallest absolute Gasteiger partial charge is 0.303 e. The van der Waals surface area contributed by atoms with Gasteiger partial charge in [0.15, 0.2) is 16.9 Å². The zero-order valence-electron chi connectivity index (χ0n) is 17.9. The Balaban J connectivity index is 2.07. The molecule has 0 N–H and O–H groups in total. The van der Waals surface area contributed by atoms with Crippen molar-refractivity contribution >= 4 is 16.9 Å². The monoisotopic (exact) mass is 407 g/mol. The maximum absolute atomic E-state index is 13.3. The van der Waals surface area contributed by atoms with Crippen LogP contribution < -0.4 is 14.9 Å². The molecule has 0 amide bonds. The Labute approximate surface area is 175 Å². The fourth-order valence-electron chi connectivity index (χ4n) is 4.46. The number of hydrogen-bond donors (Lipinski definition) is 0. The molecular formula is C24H25NO5. The number of para-hydroxylation sites is 1. The molecule has 4 rings (SSSR count). The molecule has 0 fully saturated rings. The molecule has 30 heavy (non-hydrogen) atoms. The van der Waals surface area contributed by atoms with E-state index in [1.165, 1.54) is 6.92 Å². The summed E-state index contributed by atoms with van der Waals surface area (Å²) in [7, 11) is 3.22. The van der Waals surface area contributed by atoms with Crippen LogP contribution in [0.15, 0.2) is 35.1 Å². The topological polar surface area (TPSA) is 66.8 Å². The van der Waals surface area contributed by atoms with Crippen LogP contribution in [0, 0.1) is 6.92 Å². The summed E-state index contributed by atoms with van der Waals surface area (Å²) in [6.07, 6.45) is 0.327. The molecular weight excluding hydrogens is 382 g/mol. The Morgan fingerprint density at radius 3 is 2.50 bits per heavy atom. The van der Waals surface area contributed by atoms with Gasteiger partial charge in [-0.05, 0) is 44.0 Å².